The highest BCUT2D eigenvalue weighted by molar-refractivity contribution is 6.02. The summed E-state index contributed by atoms with van der Waals surface area (Å²) in [7, 11) is 0. The third kappa shape index (κ3) is 4.27. The maximum absolute atomic E-state index is 12.7. The molecule has 0 aliphatic carbocycles. The molecule has 0 saturated carbocycles. The number of carbonyl (C=O) groups excluding carboxylic acids is 2. The van der Waals surface area contributed by atoms with Crippen LogP contribution in [0.15, 0.2) is 51.9 Å². The number of carbonyl (C=O) groups is 2. The Morgan fingerprint density at radius 3 is 2.50 bits per heavy atom. The molecule has 1 aliphatic heterocycles. The van der Waals surface area contributed by atoms with Crippen LogP contribution in [0.3, 0.4) is 0 Å². The Hall–Kier alpha value is -3.82. The Bertz CT molecular complexity index is 1100. The third-order valence-electron chi connectivity index (χ3n) is 4.43. The van der Waals surface area contributed by atoms with Gasteiger partial charge in [0.1, 0.15) is 30.9 Å². The molecule has 1 aliphatic rings. The van der Waals surface area contributed by atoms with Gasteiger partial charge in [-0.15, -0.1) is 0 Å². The maximum Gasteiger partial charge on any atom is 0.377 e. The van der Waals surface area contributed by atoms with Gasteiger partial charge in [0.2, 0.25) is 11.5 Å². The SMILES string of the molecule is CCn1c(=O)c(C(=O)COC(=O)C2=COCCO2)c(N)n(Cc2ccccc2)c1=O. The molecule has 0 unspecified atom stereocenters. The van der Waals surface area contributed by atoms with Crippen LogP contribution in [0.25, 0.3) is 0 Å². The lowest BCUT2D eigenvalue weighted by molar-refractivity contribution is -0.143. The standard InChI is InChI=1S/C20H21N3O7/c1-2-22-18(25)16(14(24)11-30-19(26)15-12-28-8-9-29-15)17(21)23(20(22)27)10-13-6-4-3-5-7-13/h3-7,12H,2,8-11,21H2,1H3. The van der Waals surface area contributed by atoms with Crippen molar-refractivity contribution in [3.8, 4) is 0 Å². The van der Waals surface area contributed by atoms with Gasteiger partial charge in [-0.2, -0.15) is 0 Å². The number of rotatable bonds is 7. The first-order valence-corrected chi connectivity index (χ1v) is 9.26. The second-order valence-electron chi connectivity index (χ2n) is 6.36. The van der Waals surface area contributed by atoms with Crippen LogP contribution in [-0.2, 0) is 32.1 Å². The van der Waals surface area contributed by atoms with Gasteiger partial charge in [0.25, 0.3) is 5.56 Å². The number of Topliss-reactive ketones (excluding diaryl/α,β-unsaturated/α-hetero) is 1. The number of ketones is 1. The number of aromatic nitrogens is 2. The molecule has 10 nitrogen and oxygen atoms in total. The van der Waals surface area contributed by atoms with E-state index in [1.807, 2.05) is 6.07 Å². The molecule has 0 fully saturated rings. The fraction of sp³-hybridized carbons (Fsp3) is 0.300. The smallest absolute Gasteiger partial charge is 0.377 e. The second kappa shape index (κ2) is 9.12. The Morgan fingerprint density at radius 1 is 1.13 bits per heavy atom. The molecule has 30 heavy (non-hydrogen) atoms. The van der Waals surface area contributed by atoms with Gasteiger partial charge >= 0.3 is 11.7 Å². The van der Waals surface area contributed by atoms with Crippen molar-refractivity contribution in [1.29, 1.82) is 0 Å². The van der Waals surface area contributed by atoms with E-state index in [4.69, 9.17) is 19.9 Å². The number of nitrogen functional groups attached to an aromatic ring is 1. The number of nitrogens with zero attached hydrogens (tertiary/aromatic N) is 2. The van der Waals surface area contributed by atoms with Gasteiger partial charge in [-0.1, -0.05) is 30.3 Å². The first-order valence-electron chi connectivity index (χ1n) is 9.26. The average Bonchev–Trinajstić information content (AvgIpc) is 2.76. The minimum absolute atomic E-state index is 0.0465. The van der Waals surface area contributed by atoms with Gasteiger partial charge in [-0.3, -0.25) is 18.7 Å². The molecule has 158 valence electrons. The maximum atomic E-state index is 12.7. The van der Waals surface area contributed by atoms with E-state index in [1.165, 1.54) is 0 Å². The number of nitrogens with two attached hydrogens (primary N) is 1. The van der Waals surface area contributed by atoms with Crippen molar-refractivity contribution in [1.82, 2.24) is 9.13 Å². The van der Waals surface area contributed by atoms with Crippen molar-refractivity contribution in [3.63, 3.8) is 0 Å². The van der Waals surface area contributed by atoms with Crippen LogP contribution in [0.5, 0.6) is 0 Å². The Kier molecular flexibility index (Phi) is 6.35. The number of benzene rings is 1. The predicted octanol–water partition coefficient (Wildman–Crippen LogP) is 0.275. The lowest BCUT2D eigenvalue weighted by atomic mass is 10.2. The summed E-state index contributed by atoms with van der Waals surface area (Å²) in [5.41, 5.74) is 4.93. The van der Waals surface area contributed by atoms with E-state index in [2.05, 4.69) is 0 Å². The van der Waals surface area contributed by atoms with Crippen molar-refractivity contribution in [2.45, 2.75) is 20.0 Å². The fourth-order valence-electron chi connectivity index (χ4n) is 2.92. The van der Waals surface area contributed by atoms with Gasteiger partial charge in [-0.25, -0.2) is 9.59 Å². The summed E-state index contributed by atoms with van der Waals surface area (Å²) in [6.07, 6.45) is 1.09. The summed E-state index contributed by atoms with van der Waals surface area (Å²) in [6.45, 7) is 1.45. The van der Waals surface area contributed by atoms with Gasteiger partial charge in [-0.05, 0) is 12.5 Å². The van der Waals surface area contributed by atoms with Crippen LogP contribution in [0, 0.1) is 0 Å². The molecule has 0 saturated heterocycles. The summed E-state index contributed by atoms with van der Waals surface area (Å²) in [5, 5.41) is 0. The Labute approximate surface area is 171 Å². The Morgan fingerprint density at radius 2 is 1.87 bits per heavy atom. The number of hydrogen-bond donors (Lipinski definition) is 1. The zero-order chi connectivity index (χ0) is 21.7. The van der Waals surface area contributed by atoms with Gasteiger partial charge in [0, 0.05) is 6.54 Å². The average molecular weight is 415 g/mol. The molecule has 0 radical (unpaired) electrons. The normalized spacial score (nSPS) is 13.0. The van der Waals surface area contributed by atoms with Crippen LogP contribution in [-0.4, -0.2) is 40.7 Å². The molecular formula is C20H21N3O7. The number of hydrogen-bond acceptors (Lipinski definition) is 8. The molecule has 0 bridgehead atoms. The largest absolute Gasteiger partial charge is 0.493 e. The van der Waals surface area contributed by atoms with Crippen LogP contribution < -0.4 is 17.0 Å². The summed E-state index contributed by atoms with van der Waals surface area (Å²) in [6, 6.07) is 8.99. The third-order valence-corrected chi connectivity index (χ3v) is 4.43. The van der Waals surface area contributed by atoms with Crippen LogP contribution in [0.2, 0.25) is 0 Å². The van der Waals surface area contributed by atoms with Crippen LogP contribution >= 0.6 is 0 Å². The molecule has 1 aromatic carbocycles. The summed E-state index contributed by atoms with van der Waals surface area (Å²) in [5.74, 6) is -2.19. The quantitative estimate of drug-likeness (QED) is 0.504. The lowest BCUT2D eigenvalue weighted by Crippen LogP contribution is -2.44. The molecule has 0 atom stereocenters. The van der Waals surface area contributed by atoms with Gasteiger partial charge in [0.15, 0.2) is 6.61 Å². The molecule has 0 spiro atoms. The molecule has 10 heteroatoms. The van der Waals surface area contributed by atoms with Crippen molar-refractivity contribution in [2.24, 2.45) is 0 Å². The van der Waals surface area contributed by atoms with Crippen molar-refractivity contribution >= 4 is 17.6 Å². The van der Waals surface area contributed by atoms with E-state index < -0.39 is 35.2 Å². The first kappa shape index (κ1) is 20.9. The summed E-state index contributed by atoms with van der Waals surface area (Å²) >= 11 is 0. The van der Waals surface area contributed by atoms with Crippen LogP contribution in [0.1, 0.15) is 22.8 Å². The fourth-order valence-corrected chi connectivity index (χ4v) is 2.92. The van der Waals surface area contributed by atoms with Crippen molar-refractivity contribution in [2.75, 3.05) is 25.6 Å². The molecule has 0 amide bonds. The second-order valence-corrected chi connectivity index (χ2v) is 6.36. The minimum atomic E-state index is -0.907. The predicted molar refractivity (Wildman–Crippen MR) is 106 cm³/mol. The lowest BCUT2D eigenvalue weighted by Gasteiger charge is -2.16. The zero-order valence-electron chi connectivity index (χ0n) is 16.3. The molecule has 2 N–H and O–H groups in total. The number of anilines is 1. The number of esters is 1. The highest BCUT2D eigenvalue weighted by Crippen LogP contribution is 2.11. The molecule has 1 aromatic heterocycles. The Balaban J connectivity index is 1.91. The van der Waals surface area contributed by atoms with Crippen LogP contribution in [0.4, 0.5) is 5.82 Å². The highest BCUT2D eigenvalue weighted by atomic mass is 16.6. The van der Waals surface area contributed by atoms with E-state index in [0.29, 0.717) is 6.61 Å². The first-order chi connectivity index (χ1) is 14.4. The van der Waals surface area contributed by atoms with E-state index in [-0.39, 0.29) is 31.3 Å². The summed E-state index contributed by atoms with van der Waals surface area (Å²) in [4.78, 5) is 50.0. The van der Waals surface area contributed by atoms with E-state index in [0.717, 1.165) is 21.0 Å². The highest BCUT2D eigenvalue weighted by Gasteiger charge is 2.25. The molecule has 2 aromatic rings. The molecule has 3 rings (SSSR count). The zero-order valence-corrected chi connectivity index (χ0v) is 16.3. The number of ether oxygens (including phenoxy) is 3. The molecule has 2 heterocycles. The van der Waals surface area contributed by atoms with E-state index in [1.54, 1.807) is 31.2 Å². The monoisotopic (exact) mass is 415 g/mol. The topological polar surface area (TPSA) is 132 Å². The van der Waals surface area contributed by atoms with Gasteiger partial charge in [0.05, 0.1) is 6.54 Å². The van der Waals surface area contributed by atoms with E-state index >= 15 is 0 Å². The molecular weight excluding hydrogens is 394 g/mol. The van der Waals surface area contributed by atoms with Crippen molar-refractivity contribution < 1.29 is 23.8 Å². The van der Waals surface area contributed by atoms with Gasteiger partial charge < -0.3 is 19.9 Å². The minimum Gasteiger partial charge on any atom is -0.493 e. The van der Waals surface area contributed by atoms with Crippen molar-refractivity contribution in [3.05, 3.63) is 74.3 Å². The summed E-state index contributed by atoms with van der Waals surface area (Å²) < 4.78 is 17.0. The van der Waals surface area contributed by atoms with E-state index in [9.17, 15) is 19.2 Å².